The van der Waals surface area contributed by atoms with Gasteiger partial charge in [0.15, 0.2) is 0 Å². The van der Waals surface area contributed by atoms with Crippen molar-refractivity contribution in [2.45, 2.75) is 19.1 Å². The van der Waals surface area contributed by atoms with Gasteiger partial charge in [0.1, 0.15) is 0 Å². The quantitative estimate of drug-likeness (QED) is 0.742. The molecule has 3 aromatic rings. The third-order valence-electron chi connectivity index (χ3n) is 3.24. The zero-order valence-electron chi connectivity index (χ0n) is 11.4. The SMILES string of the molecule is CC(c1ccc(-c2noc(C(F)(F)F)n2)cc1)n1cccn1. The van der Waals surface area contributed by atoms with Crippen molar-refractivity contribution in [1.29, 1.82) is 0 Å². The van der Waals surface area contributed by atoms with Gasteiger partial charge in [0.05, 0.1) is 6.04 Å². The second-order valence-electron chi connectivity index (χ2n) is 4.70. The summed E-state index contributed by atoms with van der Waals surface area (Å²) in [6.45, 7) is 1.97. The molecule has 114 valence electrons. The summed E-state index contributed by atoms with van der Waals surface area (Å²) in [5, 5.41) is 7.51. The van der Waals surface area contributed by atoms with Gasteiger partial charge >= 0.3 is 12.1 Å². The number of halogens is 3. The van der Waals surface area contributed by atoms with Gasteiger partial charge in [-0.15, -0.1) is 0 Å². The Hall–Kier alpha value is -2.64. The molecule has 5 nitrogen and oxygen atoms in total. The molecule has 2 aromatic heterocycles. The molecule has 3 rings (SSSR count). The molecule has 0 amide bonds. The van der Waals surface area contributed by atoms with Gasteiger partial charge in [-0.05, 0) is 18.6 Å². The van der Waals surface area contributed by atoms with Gasteiger partial charge < -0.3 is 4.52 Å². The lowest BCUT2D eigenvalue weighted by Gasteiger charge is -2.12. The van der Waals surface area contributed by atoms with E-state index in [4.69, 9.17) is 0 Å². The monoisotopic (exact) mass is 308 g/mol. The number of aromatic nitrogens is 4. The molecule has 0 aliphatic rings. The minimum Gasteiger partial charge on any atom is -0.329 e. The van der Waals surface area contributed by atoms with E-state index >= 15 is 0 Å². The molecule has 0 N–H and O–H groups in total. The van der Waals surface area contributed by atoms with Crippen molar-refractivity contribution in [3.05, 3.63) is 54.2 Å². The van der Waals surface area contributed by atoms with Crippen LogP contribution in [-0.2, 0) is 6.18 Å². The van der Waals surface area contributed by atoms with Crippen molar-refractivity contribution >= 4 is 0 Å². The standard InChI is InChI=1S/C14H11F3N4O/c1-9(21-8-2-7-18-21)10-3-5-11(6-4-10)12-19-13(22-20-12)14(15,16)17/h2-9H,1H3. The van der Waals surface area contributed by atoms with E-state index < -0.39 is 12.1 Å². The maximum atomic E-state index is 12.4. The Bertz CT molecular complexity index is 747. The van der Waals surface area contributed by atoms with Crippen molar-refractivity contribution in [3.8, 4) is 11.4 Å². The van der Waals surface area contributed by atoms with Gasteiger partial charge in [-0.25, -0.2) is 0 Å². The van der Waals surface area contributed by atoms with Crippen LogP contribution >= 0.6 is 0 Å². The molecule has 0 saturated heterocycles. The first-order valence-electron chi connectivity index (χ1n) is 6.45. The van der Waals surface area contributed by atoms with E-state index in [0.29, 0.717) is 5.56 Å². The van der Waals surface area contributed by atoms with Crippen molar-refractivity contribution in [2.75, 3.05) is 0 Å². The van der Waals surface area contributed by atoms with Gasteiger partial charge in [-0.2, -0.15) is 23.3 Å². The fourth-order valence-electron chi connectivity index (χ4n) is 2.03. The highest BCUT2D eigenvalue weighted by Gasteiger charge is 2.38. The van der Waals surface area contributed by atoms with Gasteiger partial charge in [-0.1, -0.05) is 29.4 Å². The summed E-state index contributed by atoms with van der Waals surface area (Å²) in [5.74, 6) is -1.44. The highest BCUT2D eigenvalue weighted by atomic mass is 19.4. The zero-order chi connectivity index (χ0) is 15.7. The summed E-state index contributed by atoms with van der Waals surface area (Å²) in [5.41, 5.74) is 1.42. The Balaban J connectivity index is 1.84. The summed E-state index contributed by atoms with van der Waals surface area (Å²) < 4.78 is 43.3. The van der Waals surface area contributed by atoms with E-state index in [-0.39, 0.29) is 11.9 Å². The molecule has 0 aliphatic heterocycles. The predicted molar refractivity (Wildman–Crippen MR) is 70.8 cm³/mol. The smallest absolute Gasteiger partial charge is 0.329 e. The van der Waals surface area contributed by atoms with Gasteiger partial charge in [0.2, 0.25) is 5.82 Å². The Morgan fingerprint density at radius 1 is 1.18 bits per heavy atom. The van der Waals surface area contributed by atoms with Crippen LogP contribution in [0.2, 0.25) is 0 Å². The molecule has 0 saturated carbocycles. The van der Waals surface area contributed by atoms with Crippen LogP contribution in [0, 0.1) is 0 Å². The molecule has 2 heterocycles. The highest BCUT2D eigenvalue weighted by molar-refractivity contribution is 5.54. The molecule has 0 fully saturated rings. The first kappa shape index (κ1) is 14.3. The molecule has 22 heavy (non-hydrogen) atoms. The Morgan fingerprint density at radius 3 is 2.45 bits per heavy atom. The predicted octanol–water partition coefficient (Wildman–Crippen LogP) is 3.56. The van der Waals surface area contributed by atoms with E-state index in [9.17, 15) is 13.2 Å². The largest absolute Gasteiger partial charge is 0.471 e. The van der Waals surface area contributed by atoms with Crippen LogP contribution in [0.4, 0.5) is 13.2 Å². The number of rotatable bonds is 3. The average molecular weight is 308 g/mol. The zero-order valence-corrected chi connectivity index (χ0v) is 11.4. The van der Waals surface area contributed by atoms with E-state index in [0.717, 1.165) is 5.56 Å². The van der Waals surface area contributed by atoms with Crippen LogP contribution in [0.3, 0.4) is 0 Å². The number of hydrogen-bond donors (Lipinski definition) is 0. The van der Waals surface area contributed by atoms with Crippen molar-refractivity contribution in [3.63, 3.8) is 0 Å². The van der Waals surface area contributed by atoms with Crippen LogP contribution in [0.5, 0.6) is 0 Å². The first-order valence-corrected chi connectivity index (χ1v) is 6.45. The molecule has 1 unspecified atom stereocenters. The van der Waals surface area contributed by atoms with Gasteiger partial charge in [0, 0.05) is 18.0 Å². The van der Waals surface area contributed by atoms with Crippen LogP contribution in [0.1, 0.15) is 24.4 Å². The third-order valence-corrected chi connectivity index (χ3v) is 3.24. The lowest BCUT2D eigenvalue weighted by Crippen LogP contribution is -2.06. The molecule has 0 radical (unpaired) electrons. The van der Waals surface area contributed by atoms with Crippen LogP contribution in [0.25, 0.3) is 11.4 Å². The number of nitrogens with zero attached hydrogens (tertiary/aromatic N) is 4. The number of alkyl halides is 3. The second-order valence-corrected chi connectivity index (χ2v) is 4.70. The van der Waals surface area contributed by atoms with Crippen molar-refractivity contribution < 1.29 is 17.7 Å². The van der Waals surface area contributed by atoms with Crippen LogP contribution in [-0.4, -0.2) is 19.9 Å². The van der Waals surface area contributed by atoms with E-state index in [1.807, 2.05) is 19.2 Å². The summed E-state index contributed by atoms with van der Waals surface area (Å²) >= 11 is 0. The molecule has 0 aliphatic carbocycles. The van der Waals surface area contributed by atoms with Gasteiger partial charge in [0.25, 0.3) is 0 Å². The Labute approximate surface area is 123 Å². The summed E-state index contributed by atoms with van der Waals surface area (Å²) in [6, 6.07) is 8.74. The van der Waals surface area contributed by atoms with E-state index in [1.54, 1.807) is 35.1 Å². The highest BCUT2D eigenvalue weighted by Crippen LogP contribution is 2.29. The fraction of sp³-hybridized carbons (Fsp3) is 0.214. The maximum absolute atomic E-state index is 12.4. The molecular formula is C14H11F3N4O. The second kappa shape index (κ2) is 5.28. The van der Waals surface area contributed by atoms with Crippen molar-refractivity contribution in [1.82, 2.24) is 19.9 Å². The summed E-state index contributed by atoms with van der Waals surface area (Å²) in [7, 11) is 0. The van der Waals surface area contributed by atoms with E-state index in [2.05, 4.69) is 19.8 Å². The molecule has 8 heteroatoms. The fourth-order valence-corrected chi connectivity index (χ4v) is 2.03. The molecule has 0 spiro atoms. The molecule has 0 bridgehead atoms. The Kier molecular flexibility index (Phi) is 3.44. The minimum atomic E-state index is -4.64. The summed E-state index contributed by atoms with van der Waals surface area (Å²) in [4.78, 5) is 3.36. The van der Waals surface area contributed by atoms with Gasteiger partial charge in [-0.3, -0.25) is 4.68 Å². The minimum absolute atomic E-state index is 0.0139. The lowest BCUT2D eigenvalue weighted by molar-refractivity contribution is -0.159. The maximum Gasteiger partial charge on any atom is 0.471 e. The number of hydrogen-bond acceptors (Lipinski definition) is 4. The van der Waals surface area contributed by atoms with Crippen molar-refractivity contribution in [2.24, 2.45) is 0 Å². The van der Waals surface area contributed by atoms with Crippen LogP contribution in [0.15, 0.2) is 47.2 Å². The van der Waals surface area contributed by atoms with E-state index in [1.165, 1.54) is 0 Å². The number of benzene rings is 1. The lowest BCUT2D eigenvalue weighted by atomic mass is 10.1. The topological polar surface area (TPSA) is 56.7 Å². The first-order chi connectivity index (χ1) is 10.4. The third kappa shape index (κ3) is 2.72. The Morgan fingerprint density at radius 2 is 1.91 bits per heavy atom. The molecule has 1 aromatic carbocycles. The normalized spacial score (nSPS) is 13.3. The van der Waals surface area contributed by atoms with Crippen LogP contribution < -0.4 is 0 Å². The molecular weight excluding hydrogens is 297 g/mol. The summed E-state index contributed by atoms with van der Waals surface area (Å²) in [6.07, 6.45) is -1.12. The molecule has 1 atom stereocenters. The average Bonchev–Trinajstić information content (AvgIpc) is 3.17.